The van der Waals surface area contributed by atoms with Crippen LogP contribution < -0.4 is 28.3 Å². The van der Waals surface area contributed by atoms with Crippen LogP contribution in [0.3, 0.4) is 0 Å². The van der Waals surface area contributed by atoms with Gasteiger partial charge in [0.1, 0.15) is 5.75 Å². The van der Waals surface area contributed by atoms with Crippen LogP contribution >= 0.6 is 0 Å². The zero-order valence-electron chi connectivity index (χ0n) is 19.5. The van der Waals surface area contributed by atoms with Gasteiger partial charge in [-0.3, -0.25) is 0 Å². The topological polar surface area (TPSA) is 50.0 Å². The van der Waals surface area contributed by atoms with E-state index >= 15 is 0 Å². The SMILES string of the molecule is COc1ccc(Cc2c3[n+](cc4c(OC)c(OC)ccc24)CCc2cc4c(cc2-3)OCO4)cc1. The van der Waals surface area contributed by atoms with Crippen LogP contribution in [0.2, 0.25) is 0 Å². The van der Waals surface area contributed by atoms with Crippen molar-refractivity contribution >= 4 is 10.8 Å². The molecule has 0 saturated heterocycles. The number of hydrogen-bond acceptors (Lipinski definition) is 5. The Balaban J connectivity index is 1.62. The second kappa shape index (κ2) is 8.13. The molecule has 0 spiro atoms. The first-order chi connectivity index (χ1) is 16.7. The largest absolute Gasteiger partial charge is 0.497 e. The zero-order chi connectivity index (χ0) is 23.2. The van der Waals surface area contributed by atoms with Crippen LogP contribution in [0.25, 0.3) is 22.0 Å². The standard InChI is InChI=1S/C28H26NO5/c1-30-19-6-4-17(5-7-19)12-22-20-8-9-24(31-2)28(32-3)23(20)15-29-11-10-18-13-25-26(34-16-33-25)14-21(18)27(22)29/h4-9,13-15H,10-12,16H2,1-3H3/q+1. The quantitative estimate of drug-likeness (QED) is 0.408. The first-order valence-corrected chi connectivity index (χ1v) is 11.4. The number of fused-ring (bicyclic) bond motifs is 5. The Bertz CT molecular complexity index is 1410. The minimum absolute atomic E-state index is 0.269. The Morgan fingerprint density at radius 2 is 1.65 bits per heavy atom. The van der Waals surface area contributed by atoms with E-state index in [0.29, 0.717) is 0 Å². The molecule has 0 unspecified atom stereocenters. The van der Waals surface area contributed by atoms with E-state index in [1.165, 1.54) is 27.9 Å². The molecule has 34 heavy (non-hydrogen) atoms. The minimum atomic E-state index is 0.269. The highest BCUT2D eigenvalue weighted by atomic mass is 16.7. The summed E-state index contributed by atoms with van der Waals surface area (Å²) < 4.78 is 30.5. The van der Waals surface area contributed by atoms with Gasteiger partial charge in [0.2, 0.25) is 12.5 Å². The molecular weight excluding hydrogens is 430 g/mol. The molecule has 0 aliphatic carbocycles. The second-order valence-electron chi connectivity index (χ2n) is 8.55. The summed E-state index contributed by atoms with van der Waals surface area (Å²) in [6.45, 7) is 1.14. The lowest BCUT2D eigenvalue weighted by molar-refractivity contribution is -0.686. The molecule has 0 atom stereocenters. The lowest BCUT2D eigenvalue weighted by atomic mass is 9.88. The van der Waals surface area contributed by atoms with Crippen molar-refractivity contribution in [3.63, 3.8) is 0 Å². The molecule has 6 rings (SSSR count). The summed E-state index contributed by atoms with van der Waals surface area (Å²) in [5.41, 5.74) is 6.12. The summed E-state index contributed by atoms with van der Waals surface area (Å²) in [5.74, 6) is 3.96. The Kier molecular flexibility index (Phi) is 4.94. The molecule has 2 aliphatic rings. The molecule has 0 saturated carbocycles. The molecule has 0 bridgehead atoms. The summed E-state index contributed by atoms with van der Waals surface area (Å²) in [4.78, 5) is 0. The van der Waals surface area contributed by atoms with Crippen LogP contribution in [0.5, 0.6) is 28.7 Å². The minimum Gasteiger partial charge on any atom is -0.497 e. The molecule has 1 aromatic heterocycles. The first-order valence-electron chi connectivity index (χ1n) is 11.4. The van der Waals surface area contributed by atoms with Crippen LogP contribution in [-0.2, 0) is 19.4 Å². The van der Waals surface area contributed by atoms with Crippen molar-refractivity contribution in [3.05, 3.63) is 71.4 Å². The van der Waals surface area contributed by atoms with Gasteiger partial charge in [-0.25, -0.2) is 0 Å². The van der Waals surface area contributed by atoms with E-state index in [1.54, 1.807) is 21.3 Å². The number of nitrogens with zero attached hydrogens (tertiary/aromatic N) is 1. The number of benzene rings is 3. The fourth-order valence-corrected chi connectivity index (χ4v) is 5.14. The Hall–Kier alpha value is -3.93. The predicted octanol–water partition coefficient (Wildman–Crippen LogP) is 4.70. The molecule has 6 heteroatoms. The molecular formula is C28H26NO5+. The molecule has 4 aromatic rings. The van der Waals surface area contributed by atoms with Crippen molar-refractivity contribution in [1.29, 1.82) is 0 Å². The number of rotatable bonds is 5. The molecule has 172 valence electrons. The summed E-state index contributed by atoms with van der Waals surface area (Å²) in [6.07, 6.45) is 3.88. The van der Waals surface area contributed by atoms with E-state index in [0.717, 1.165) is 58.9 Å². The number of hydrogen-bond donors (Lipinski definition) is 0. The van der Waals surface area contributed by atoms with Crippen LogP contribution in [0.15, 0.2) is 54.7 Å². The van der Waals surface area contributed by atoms with Crippen LogP contribution in [0.1, 0.15) is 16.7 Å². The van der Waals surface area contributed by atoms with E-state index in [4.69, 9.17) is 23.7 Å². The van der Waals surface area contributed by atoms with Crippen molar-refractivity contribution in [2.45, 2.75) is 19.4 Å². The highest BCUT2D eigenvalue weighted by Gasteiger charge is 2.32. The molecule has 2 aliphatic heterocycles. The van der Waals surface area contributed by atoms with Gasteiger partial charge in [-0.1, -0.05) is 12.1 Å². The van der Waals surface area contributed by atoms with Crippen LogP contribution in [0, 0.1) is 0 Å². The maximum Gasteiger partial charge on any atom is 0.231 e. The third-order valence-electron chi connectivity index (χ3n) is 6.78. The number of aromatic nitrogens is 1. The number of ether oxygens (including phenoxy) is 5. The summed E-state index contributed by atoms with van der Waals surface area (Å²) in [5, 5.41) is 2.18. The van der Waals surface area contributed by atoms with E-state index < -0.39 is 0 Å². The van der Waals surface area contributed by atoms with Crippen molar-refractivity contribution in [2.75, 3.05) is 28.1 Å². The molecule has 6 nitrogen and oxygen atoms in total. The van der Waals surface area contributed by atoms with Crippen LogP contribution in [0.4, 0.5) is 0 Å². The number of methoxy groups -OCH3 is 3. The second-order valence-corrected chi connectivity index (χ2v) is 8.55. The highest BCUT2D eigenvalue weighted by Crippen LogP contribution is 2.44. The van der Waals surface area contributed by atoms with Gasteiger partial charge in [-0.15, -0.1) is 0 Å². The molecule has 3 aromatic carbocycles. The van der Waals surface area contributed by atoms with Crippen molar-refractivity contribution < 1.29 is 28.3 Å². The van der Waals surface area contributed by atoms with E-state index in [-0.39, 0.29) is 6.79 Å². The fraction of sp³-hybridized carbons (Fsp3) is 0.250. The van der Waals surface area contributed by atoms with Gasteiger partial charge in [-0.05, 0) is 47.5 Å². The van der Waals surface area contributed by atoms with E-state index in [2.05, 4.69) is 41.1 Å². The third-order valence-corrected chi connectivity index (χ3v) is 6.78. The molecule has 0 amide bonds. The van der Waals surface area contributed by atoms with E-state index in [9.17, 15) is 0 Å². The maximum atomic E-state index is 5.81. The first kappa shape index (κ1) is 20.7. The fourth-order valence-electron chi connectivity index (χ4n) is 5.14. The van der Waals surface area contributed by atoms with Gasteiger partial charge in [0.25, 0.3) is 0 Å². The van der Waals surface area contributed by atoms with Gasteiger partial charge >= 0.3 is 0 Å². The zero-order valence-corrected chi connectivity index (χ0v) is 19.5. The Labute approximate surface area is 198 Å². The van der Waals surface area contributed by atoms with E-state index in [1.807, 2.05) is 18.2 Å². The average molecular weight is 457 g/mol. The molecule has 3 heterocycles. The Morgan fingerprint density at radius 3 is 2.38 bits per heavy atom. The number of aryl methyl sites for hydroxylation is 2. The summed E-state index contributed by atoms with van der Waals surface area (Å²) in [7, 11) is 5.06. The molecule has 0 N–H and O–H groups in total. The summed E-state index contributed by atoms with van der Waals surface area (Å²) >= 11 is 0. The lowest BCUT2D eigenvalue weighted by Crippen LogP contribution is -2.41. The lowest BCUT2D eigenvalue weighted by Gasteiger charge is -2.21. The third kappa shape index (κ3) is 3.21. The average Bonchev–Trinajstić information content (AvgIpc) is 3.34. The highest BCUT2D eigenvalue weighted by molar-refractivity contribution is 5.95. The van der Waals surface area contributed by atoms with Gasteiger partial charge in [-0.2, -0.15) is 4.57 Å². The monoisotopic (exact) mass is 456 g/mol. The van der Waals surface area contributed by atoms with Crippen molar-refractivity contribution in [2.24, 2.45) is 0 Å². The van der Waals surface area contributed by atoms with Gasteiger partial charge in [0.05, 0.1) is 32.3 Å². The molecule has 0 radical (unpaired) electrons. The van der Waals surface area contributed by atoms with Crippen molar-refractivity contribution in [1.82, 2.24) is 0 Å². The Morgan fingerprint density at radius 1 is 0.853 bits per heavy atom. The molecule has 0 fully saturated rings. The number of pyridine rings is 1. The van der Waals surface area contributed by atoms with Gasteiger partial charge < -0.3 is 23.7 Å². The smallest absolute Gasteiger partial charge is 0.231 e. The normalized spacial score (nSPS) is 13.4. The summed E-state index contributed by atoms with van der Waals surface area (Å²) in [6, 6.07) is 16.7. The van der Waals surface area contributed by atoms with Gasteiger partial charge in [0, 0.05) is 23.8 Å². The predicted molar refractivity (Wildman–Crippen MR) is 128 cm³/mol. The van der Waals surface area contributed by atoms with Gasteiger partial charge in [0.15, 0.2) is 35.7 Å². The van der Waals surface area contributed by atoms with Crippen LogP contribution in [-0.4, -0.2) is 28.1 Å². The maximum absolute atomic E-state index is 5.81. The van der Waals surface area contributed by atoms with Crippen molar-refractivity contribution in [3.8, 4) is 40.0 Å².